The van der Waals surface area contributed by atoms with Crippen molar-refractivity contribution in [2.45, 2.75) is 35.6 Å². The van der Waals surface area contributed by atoms with Crippen molar-refractivity contribution >= 4 is 22.0 Å². The summed E-state index contributed by atoms with van der Waals surface area (Å²) in [7, 11) is 0. The Labute approximate surface area is 112 Å². The fourth-order valence-corrected chi connectivity index (χ4v) is 3.44. The molecule has 1 spiro atoms. The summed E-state index contributed by atoms with van der Waals surface area (Å²) in [6, 6.07) is -0.129. The van der Waals surface area contributed by atoms with Gasteiger partial charge in [0, 0.05) is 4.83 Å². The first-order valence-corrected chi connectivity index (χ1v) is 6.77. The van der Waals surface area contributed by atoms with Gasteiger partial charge in [-0.1, -0.05) is 28.1 Å². The van der Waals surface area contributed by atoms with E-state index >= 15 is 0 Å². The van der Waals surface area contributed by atoms with E-state index in [2.05, 4.69) is 20.9 Å². The molecule has 0 aromatic heterocycles. The quantitative estimate of drug-likeness (QED) is 0.698. The highest BCUT2D eigenvalue weighted by Crippen LogP contribution is 2.53. The molecule has 18 heavy (non-hydrogen) atoms. The highest BCUT2D eigenvalue weighted by atomic mass is 79.9. The number of allylic oxidation sites excluding steroid dienone is 3. The zero-order valence-electron chi connectivity index (χ0n) is 9.63. The van der Waals surface area contributed by atoms with Gasteiger partial charge in [0.25, 0.3) is 6.02 Å². The van der Waals surface area contributed by atoms with E-state index in [-0.39, 0.29) is 10.8 Å². The number of rotatable bonds is 0. The largest absolute Gasteiger partial charge is 0.459 e. The zero-order valence-corrected chi connectivity index (χ0v) is 11.2. The summed E-state index contributed by atoms with van der Waals surface area (Å²) in [6.45, 7) is -0.685. The first-order chi connectivity index (χ1) is 8.45. The van der Waals surface area contributed by atoms with E-state index in [1.165, 1.54) is 0 Å². The second-order valence-corrected chi connectivity index (χ2v) is 6.06. The van der Waals surface area contributed by atoms with Crippen LogP contribution in [0, 0.1) is 0 Å². The van der Waals surface area contributed by atoms with Gasteiger partial charge in [0.05, 0.1) is 0 Å². The summed E-state index contributed by atoms with van der Waals surface area (Å²) >= 11 is 3.45. The maximum atomic E-state index is 14.3. The minimum Gasteiger partial charge on any atom is -0.459 e. The first kappa shape index (κ1) is 12.1. The van der Waals surface area contributed by atoms with Crippen molar-refractivity contribution in [3.05, 3.63) is 23.3 Å². The molecule has 0 radical (unpaired) electrons. The molecule has 1 unspecified atom stereocenters. The Morgan fingerprint density at radius 1 is 1.50 bits per heavy atom. The van der Waals surface area contributed by atoms with Gasteiger partial charge < -0.3 is 10.5 Å². The van der Waals surface area contributed by atoms with E-state index in [4.69, 9.17) is 10.5 Å². The van der Waals surface area contributed by atoms with Crippen molar-refractivity contribution in [1.82, 2.24) is 0 Å². The average molecular weight is 319 g/mol. The lowest BCUT2D eigenvalue weighted by Crippen LogP contribution is -2.55. The fourth-order valence-electron chi connectivity index (χ4n) is 2.96. The maximum Gasteiger partial charge on any atom is 0.309 e. The summed E-state index contributed by atoms with van der Waals surface area (Å²) in [5.41, 5.74) is 5.71. The summed E-state index contributed by atoms with van der Waals surface area (Å²) < 4.78 is 33.3. The number of hydrogen-bond acceptors (Lipinski definition) is 3. The predicted octanol–water partition coefficient (Wildman–Crippen LogP) is 2.52. The Balaban J connectivity index is 2.12. The molecule has 3 rings (SSSR count). The van der Waals surface area contributed by atoms with Gasteiger partial charge in [-0.3, -0.25) is 0 Å². The predicted molar refractivity (Wildman–Crippen MR) is 68.0 cm³/mol. The number of alkyl halides is 3. The standard InChI is InChI=1S/C12H13BrF2N2O/c13-8-2-1-7-3-4-11(9(7)5-8)12(14,15)6-18-10(16)17-11/h1-2,8H,3-6H2,(H2,16,17)/t8-,11?/m0/s1. The van der Waals surface area contributed by atoms with Gasteiger partial charge in [-0.05, 0) is 30.4 Å². The van der Waals surface area contributed by atoms with Crippen LogP contribution in [0.4, 0.5) is 8.78 Å². The second kappa shape index (κ2) is 3.79. The number of aliphatic imine (C=N–C) groups is 1. The van der Waals surface area contributed by atoms with Crippen LogP contribution in [0.25, 0.3) is 0 Å². The van der Waals surface area contributed by atoms with E-state index in [1.807, 2.05) is 12.2 Å². The van der Waals surface area contributed by atoms with Crippen LogP contribution in [-0.4, -0.2) is 28.9 Å². The molecule has 2 atom stereocenters. The van der Waals surface area contributed by atoms with Gasteiger partial charge in [-0.25, -0.2) is 4.99 Å². The van der Waals surface area contributed by atoms with Crippen LogP contribution in [0.1, 0.15) is 19.3 Å². The number of halogens is 3. The molecule has 6 heteroatoms. The number of fused-ring (bicyclic) bond motifs is 1. The van der Waals surface area contributed by atoms with Gasteiger partial charge in [-0.2, -0.15) is 8.78 Å². The third-order valence-corrected chi connectivity index (χ3v) is 4.48. The van der Waals surface area contributed by atoms with E-state index in [9.17, 15) is 8.78 Å². The molecule has 0 saturated heterocycles. The molecule has 2 aliphatic carbocycles. The molecule has 0 aromatic rings. The average Bonchev–Trinajstić information content (AvgIpc) is 2.65. The summed E-state index contributed by atoms with van der Waals surface area (Å²) in [5.74, 6) is -3.00. The van der Waals surface area contributed by atoms with Gasteiger partial charge >= 0.3 is 5.92 Å². The molecule has 1 aliphatic heterocycles. The molecule has 2 N–H and O–H groups in total. The van der Waals surface area contributed by atoms with Crippen LogP contribution in [-0.2, 0) is 4.74 Å². The number of hydrogen-bond donors (Lipinski definition) is 1. The highest BCUT2D eigenvalue weighted by Gasteiger charge is 2.61. The SMILES string of the molecule is NC1=NC2(CCC3=C2C[C@@H](Br)C=C3)C(F)(F)CO1. The van der Waals surface area contributed by atoms with Crippen LogP contribution >= 0.6 is 15.9 Å². The number of amidine groups is 1. The van der Waals surface area contributed by atoms with Crippen LogP contribution < -0.4 is 5.73 Å². The minimum absolute atomic E-state index is 0.0845. The normalized spacial score (nSPS) is 37.5. The maximum absolute atomic E-state index is 14.3. The second-order valence-electron chi connectivity index (χ2n) is 4.89. The fraction of sp³-hybridized carbons (Fsp3) is 0.583. The molecule has 3 nitrogen and oxygen atoms in total. The summed E-state index contributed by atoms with van der Waals surface area (Å²) in [4.78, 5) is 4.08. The Morgan fingerprint density at radius 2 is 2.28 bits per heavy atom. The van der Waals surface area contributed by atoms with Crippen molar-refractivity contribution in [3.63, 3.8) is 0 Å². The first-order valence-electron chi connectivity index (χ1n) is 5.85. The molecule has 1 heterocycles. The molecule has 0 amide bonds. The minimum atomic E-state index is -3.00. The van der Waals surface area contributed by atoms with Gasteiger partial charge in [0.15, 0.2) is 12.1 Å². The number of ether oxygens (including phenoxy) is 1. The van der Waals surface area contributed by atoms with Crippen LogP contribution in [0.2, 0.25) is 0 Å². The number of nitrogens with two attached hydrogens (primary N) is 1. The molecule has 0 saturated carbocycles. The molecule has 98 valence electrons. The van der Waals surface area contributed by atoms with E-state index < -0.39 is 18.1 Å². The highest BCUT2D eigenvalue weighted by molar-refractivity contribution is 9.09. The Bertz CT molecular complexity index is 486. The molecule has 0 fully saturated rings. The van der Waals surface area contributed by atoms with Gasteiger partial charge in [0.1, 0.15) is 0 Å². The molecule has 0 aromatic carbocycles. The smallest absolute Gasteiger partial charge is 0.309 e. The molecular weight excluding hydrogens is 306 g/mol. The van der Waals surface area contributed by atoms with Crippen LogP contribution in [0.3, 0.4) is 0 Å². The monoisotopic (exact) mass is 318 g/mol. The lowest BCUT2D eigenvalue weighted by molar-refractivity contribution is -0.106. The molecule has 0 bridgehead atoms. The topological polar surface area (TPSA) is 47.6 Å². The lowest BCUT2D eigenvalue weighted by atomic mass is 9.81. The van der Waals surface area contributed by atoms with Gasteiger partial charge in [-0.15, -0.1) is 0 Å². The van der Waals surface area contributed by atoms with Crippen molar-refractivity contribution < 1.29 is 13.5 Å². The third-order valence-electron chi connectivity index (χ3n) is 3.86. The van der Waals surface area contributed by atoms with Crippen molar-refractivity contribution in [2.24, 2.45) is 10.7 Å². The Morgan fingerprint density at radius 3 is 3.06 bits per heavy atom. The van der Waals surface area contributed by atoms with E-state index in [0.29, 0.717) is 24.8 Å². The molecule has 3 aliphatic rings. The Hall–Kier alpha value is -0.910. The summed E-state index contributed by atoms with van der Waals surface area (Å²) in [6.07, 6.45) is 5.39. The van der Waals surface area contributed by atoms with E-state index in [0.717, 1.165) is 5.57 Å². The van der Waals surface area contributed by atoms with Crippen molar-refractivity contribution in [1.29, 1.82) is 0 Å². The van der Waals surface area contributed by atoms with Crippen LogP contribution in [0.5, 0.6) is 0 Å². The van der Waals surface area contributed by atoms with Crippen LogP contribution in [0.15, 0.2) is 28.3 Å². The Kier molecular flexibility index (Phi) is 2.56. The van der Waals surface area contributed by atoms with Gasteiger partial charge in [0.2, 0.25) is 0 Å². The molecular formula is C12H13BrF2N2O. The lowest BCUT2D eigenvalue weighted by Gasteiger charge is -2.39. The summed E-state index contributed by atoms with van der Waals surface area (Å²) in [5, 5.41) is 0. The number of nitrogens with zero attached hydrogens (tertiary/aromatic N) is 1. The van der Waals surface area contributed by atoms with Crippen molar-refractivity contribution in [3.8, 4) is 0 Å². The zero-order chi connectivity index (χ0) is 13.0. The van der Waals surface area contributed by atoms with E-state index in [1.54, 1.807) is 0 Å². The van der Waals surface area contributed by atoms with Crippen molar-refractivity contribution in [2.75, 3.05) is 6.61 Å². The third kappa shape index (κ3) is 1.54.